The van der Waals surface area contributed by atoms with E-state index >= 15 is 0 Å². The number of hydrogen-bond acceptors (Lipinski definition) is 3. The van der Waals surface area contributed by atoms with Gasteiger partial charge in [0.2, 0.25) is 0 Å². The average Bonchev–Trinajstić information content (AvgIpc) is 3.10. The molecule has 0 spiro atoms. The molecule has 1 heterocycles. The molecular weight excluding hydrogens is 455 g/mol. The second-order valence-corrected chi connectivity index (χ2v) is 6.23. The Hall–Kier alpha value is -2.03. The molecular formula is C20H29IN4O2. The lowest BCUT2D eigenvalue weighted by Crippen LogP contribution is -2.40. The molecule has 0 aliphatic rings. The molecule has 1 amide bonds. The summed E-state index contributed by atoms with van der Waals surface area (Å²) in [5.74, 6) is 1.36. The van der Waals surface area contributed by atoms with Gasteiger partial charge in [0.25, 0.3) is 5.91 Å². The fourth-order valence-corrected chi connectivity index (χ4v) is 2.55. The number of nitrogens with zero attached hydrogens (tertiary/aromatic N) is 1. The minimum Gasteiger partial charge on any atom is -0.459 e. The Morgan fingerprint density at radius 2 is 1.81 bits per heavy atom. The Bertz CT molecular complexity index is 716. The third-order valence-electron chi connectivity index (χ3n) is 4.17. The van der Waals surface area contributed by atoms with Crippen LogP contribution in [0.25, 0.3) is 0 Å². The molecule has 0 fully saturated rings. The van der Waals surface area contributed by atoms with E-state index < -0.39 is 0 Å². The van der Waals surface area contributed by atoms with Gasteiger partial charge >= 0.3 is 0 Å². The molecule has 6 nitrogen and oxygen atoms in total. The van der Waals surface area contributed by atoms with Gasteiger partial charge in [-0.3, -0.25) is 9.79 Å². The Labute approximate surface area is 178 Å². The number of guanidine groups is 1. The zero-order valence-corrected chi connectivity index (χ0v) is 18.4. The van der Waals surface area contributed by atoms with E-state index in [-0.39, 0.29) is 29.9 Å². The first-order chi connectivity index (χ1) is 12.6. The van der Waals surface area contributed by atoms with E-state index in [0.717, 1.165) is 31.0 Å². The highest BCUT2D eigenvalue weighted by Gasteiger charge is 2.11. The maximum atomic E-state index is 11.9. The molecule has 1 unspecified atom stereocenters. The number of furan rings is 1. The van der Waals surface area contributed by atoms with E-state index in [2.05, 4.69) is 52.1 Å². The summed E-state index contributed by atoms with van der Waals surface area (Å²) in [4.78, 5) is 16.2. The molecule has 0 saturated carbocycles. The molecule has 0 saturated heterocycles. The molecule has 27 heavy (non-hydrogen) atoms. The monoisotopic (exact) mass is 484 g/mol. The fourth-order valence-electron chi connectivity index (χ4n) is 2.55. The molecule has 2 aromatic rings. The van der Waals surface area contributed by atoms with Crippen LogP contribution in [0, 0.1) is 6.92 Å². The molecule has 1 aromatic carbocycles. The van der Waals surface area contributed by atoms with Crippen LogP contribution < -0.4 is 16.0 Å². The summed E-state index contributed by atoms with van der Waals surface area (Å²) in [6.07, 6.45) is 2.32. The second-order valence-electron chi connectivity index (χ2n) is 6.23. The van der Waals surface area contributed by atoms with Crippen LogP contribution in [0.3, 0.4) is 0 Å². The van der Waals surface area contributed by atoms with Crippen LogP contribution in [0.4, 0.5) is 0 Å². The second kappa shape index (κ2) is 12.4. The number of carbonyl (C=O) groups excluding carboxylic acids is 1. The molecule has 0 aliphatic heterocycles. The largest absolute Gasteiger partial charge is 0.459 e. The van der Waals surface area contributed by atoms with Crippen LogP contribution in [-0.4, -0.2) is 38.5 Å². The van der Waals surface area contributed by atoms with Crippen LogP contribution in [0.2, 0.25) is 0 Å². The average molecular weight is 484 g/mol. The number of aryl methyl sites for hydroxylation is 1. The highest BCUT2D eigenvalue weighted by Crippen LogP contribution is 2.12. The lowest BCUT2D eigenvalue weighted by molar-refractivity contribution is 0.0925. The van der Waals surface area contributed by atoms with Gasteiger partial charge in [0, 0.05) is 32.2 Å². The first-order valence-corrected chi connectivity index (χ1v) is 8.93. The van der Waals surface area contributed by atoms with Crippen molar-refractivity contribution in [3.63, 3.8) is 0 Å². The summed E-state index contributed by atoms with van der Waals surface area (Å²) in [6.45, 7) is 6.13. The van der Waals surface area contributed by atoms with Gasteiger partial charge in [0.05, 0.1) is 6.26 Å². The molecule has 7 heteroatoms. The standard InChI is InChI=1S/C20H28N4O2.HI/c1-15-10-13-26-18(15)19(25)22-11-7-12-23-20(21-3)24-14-16(2)17-8-5-4-6-9-17;/h4-6,8-10,13,16H,7,11-12,14H2,1-3H3,(H,22,25)(H2,21,23,24);1H. The van der Waals surface area contributed by atoms with Gasteiger partial charge < -0.3 is 20.4 Å². The quantitative estimate of drug-likeness (QED) is 0.233. The first kappa shape index (κ1) is 23.0. The number of rotatable bonds is 8. The van der Waals surface area contributed by atoms with Crippen LogP contribution in [-0.2, 0) is 0 Å². The van der Waals surface area contributed by atoms with Gasteiger partial charge in [0.1, 0.15) is 0 Å². The summed E-state index contributed by atoms with van der Waals surface area (Å²) in [7, 11) is 1.75. The van der Waals surface area contributed by atoms with Crippen LogP contribution in [0.15, 0.2) is 52.1 Å². The Morgan fingerprint density at radius 3 is 2.44 bits per heavy atom. The number of halogens is 1. The predicted molar refractivity (Wildman–Crippen MR) is 120 cm³/mol. The highest BCUT2D eigenvalue weighted by molar-refractivity contribution is 14.0. The molecule has 148 valence electrons. The lowest BCUT2D eigenvalue weighted by atomic mass is 10.0. The van der Waals surface area contributed by atoms with Crippen molar-refractivity contribution in [2.75, 3.05) is 26.7 Å². The molecule has 0 aliphatic carbocycles. The first-order valence-electron chi connectivity index (χ1n) is 8.93. The normalized spacial score (nSPS) is 12.0. The Morgan fingerprint density at radius 1 is 1.11 bits per heavy atom. The van der Waals surface area contributed by atoms with E-state index in [0.29, 0.717) is 18.2 Å². The van der Waals surface area contributed by atoms with E-state index in [4.69, 9.17) is 4.42 Å². The lowest BCUT2D eigenvalue weighted by Gasteiger charge is -2.16. The SMILES string of the molecule is CN=C(NCCCNC(=O)c1occc1C)NCC(C)c1ccccc1.I. The van der Waals surface area contributed by atoms with E-state index in [1.165, 1.54) is 11.8 Å². The summed E-state index contributed by atoms with van der Waals surface area (Å²) in [5, 5.41) is 9.45. The zero-order chi connectivity index (χ0) is 18.8. The maximum absolute atomic E-state index is 11.9. The van der Waals surface area contributed by atoms with Crippen LogP contribution in [0.1, 0.15) is 40.9 Å². The number of hydrogen-bond donors (Lipinski definition) is 3. The van der Waals surface area contributed by atoms with E-state index in [1.807, 2.05) is 13.0 Å². The van der Waals surface area contributed by atoms with Crippen molar-refractivity contribution in [1.29, 1.82) is 0 Å². The number of amides is 1. The van der Waals surface area contributed by atoms with Gasteiger partial charge in [-0.1, -0.05) is 37.3 Å². The maximum Gasteiger partial charge on any atom is 0.287 e. The summed E-state index contributed by atoms with van der Waals surface area (Å²) in [5.41, 5.74) is 2.14. The number of benzene rings is 1. The van der Waals surface area contributed by atoms with Crippen molar-refractivity contribution < 1.29 is 9.21 Å². The number of carbonyl (C=O) groups is 1. The molecule has 1 aromatic heterocycles. The van der Waals surface area contributed by atoms with E-state index in [1.54, 1.807) is 13.1 Å². The van der Waals surface area contributed by atoms with Crippen molar-refractivity contribution in [3.8, 4) is 0 Å². The Balaban J connectivity index is 0.00000364. The van der Waals surface area contributed by atoms with Crippen LogP contribution >= 0.6 is 24.0 Å². The topological polar surface area (TPSA) is 78.7 Å². The van der Waals surface area contributed by atoms with Crippen molar-refractivity contribution in [2.24, 2.45) is 4.99 Å². The van der Waals surface area contributed by atoms with Crippen molar-refractivity contribution >= 4 is 35.8 Å². The predicted octanol–water partition coefficient (Wildman–Crippen LogP) is 3.29. The van der Waals surface area contributed by atoms with Crippen molar-refractivity contribution in [3.05, 3.63) is 59.5 Å². The number of nitrogens with one attached hydrogen (secondary N) is 3. The van der Waals surface area contributed by atoms with Crippen molar-refractivity contribution in [2.45, 2.75) is 26.2 Å². The minimum absolute atomic E-state index is 0. The summed E-state index contributed by atoms with van der Waals surface area (Å²) in [6, 6.07) is 12.2. The summed E-state index contributed by atoms with van der Waals surface area (Å²) >= 11 is 0. The third kappa shape index (κ3) is 7.62. The minimum atomic E-state index is -0.174. The van der Waals surface area contributed by atoms with Crippen LogP contribution in [0.5, 0.6) is 0 Å². The summed E-state index contributed by atoms with van der Waals surface area (Å²) < 4.78 is 5.17. The van der Waals surface area contributed by atoms with E-state index in [9.17, 15) is 4.79 Å². The zero-order valence-electron chi connectivity index (χ0n) is 16.1. The molecule has 0 radical (unpaired) electrons. The highest BCUT2D eigenvalue weighted by atomic mass is 127. The van der Waals surface area contributed by atoms with Gasteiger partial charge in [-0.05, 0) is 30.9 Å². The van der Waals surface area contributed by atoms with Crippen molar-refractivity contribution in [1.82, 2.24) is 16.0 Å². The smallest absolute Gasteiger partial charge is 0.287 e. The molecule has 0 bridgehead atoms. The van der Waals surface area contributed by atoms with Gasteiger partial charge in [0.15, 0.2) is 11.7 Å². The molecule has 2 rings (SSSR count). The van der Waals surface area contributed by atoms with Gasteiger partial charge in [-0.2, -0.15) is 0 Å². The Kier molecular flexibility index (Phi) is 10.5. The van der Waals surface area contributed by atoms with Gasteiger partial charge in [-0.25, -0.2) is 0 Å². The number of aliphatic imine (C=N–C) groups is 1. The molecule has 1 atom stereocenters. The fraction of sp³-hybridized carbons (Fsp3) is 0.400. The third-order valence-corrected chi connectivity index (χ3v) is 4.17. The molecule has 3 N–H and O–H groups in total. The van der Waals surface area contributed by atoms with Gasteiger partial charge in [-0.15, -0.1) is 24.0 Å².